The van der Waals surface area contributed by atoms with Crippen LogP contribution < -0.4 is 5.32 Å². The first kappa shape index (κ1) is 17.2. The molecule has 0 unspecified atom stereocenters. The van der Waals surface area contributed by atoms with Crippen LogP contribution in [-0.4, -0.2) is 24.1 Å². The van der Waals surface area contributed by atoms with E-state index in [1.807, 2.05) is 54.2 Å². The van der Waals surface area contributed by atoms with Crippen molar-refractivity contribution in [2.45, 2.75) is 43.0 Å². The van der Waals surface area contributed by atoms with Gasteiger partial charge in [-0.2, -0.15) is 0 Å². The van der Waals surface area contributed by atoms with Gasteiger partial charge in [-0.1, -0.05) is 49.6 Å². The summed E-state index contributed by atoms with van der Waals surface area (Å²) in [5, 5.41) is 3.67. The minimum absolute atomic E-state index is 0.0890. The van der Waals surface area contributed by atoms with Crippen molar-refractivity contribution in [3.63, 3.8) is 0 Å². The minimum Gasteiger partial charge on any atom is -0.313 e. The van der Waals surface area contributed by atoms with E-state index in [9.17, 15) is 4.79 Å². The molecule has 1 aliphatic rings. The maximum Gasteiger partial charge on any atom is 0.193 e. The molecule has 0 atom stereocenters. The van der Waals surface area contributed by atoms with Gasteiger partial charge in [0.15, 0.2) is 5.78 Å². The summed E-state index contributed by atoms with van der Waals surface area (Å²) in [4.78, 5) is 13.6. The Kier molecular flexibility index (Phi) is 6.50. The highest BCUT2D eigenvalue weighted by Crippen LogP contribution is 2.20. The van der Waals surface area contributed by atoms with Crippen LogP contribution in [0.2, 0.25) is 0 Å². The Bertz CT molecular complexity index is 633. The van der Waals surface area contributed by atoms with Crippen LogP contribution >= 0.6 is 11.8 Å². The molecular weight excluding hydrogens is 314 g/mol. The van der Waals surface area contributed by atoms with Crippen LogP contribution in [0.3, 0.4) is 0 Å². The van der Waals surface area contributed by atoms with Gasteiger partial charge in [0.25, 0.3) is 0 Å². The molecule has 0 aromatic heterocycles. The Morgan fingerprint density at radius 3 is 2.29 bits per heavy atom. The van der Waals surface area contributed by atoms with Gasteiger partial charge in [0, 0.05) is 34.4 Å². The van der Waals surface area contributed by atoms with Gasteiger partial charge in [0.2, 0.25) is 0 Å². The Hall–Kier alpha value is -1.58. The van der Waals surface area contributed by atoms with Crippen molar-refractivity contribution in [3.8, 4) is 0 Å². The van der Waals surface area contributed by atoms with Crippen LogP contribution in [0.15, 0.2) is 59.5 Å². The molecule has 3 heteroatoms. The van der Waals surface area contributed by atoms with E-state index in [4.69, 9.17) is 0 Å². The predicted octanol–water partition coefficient (Wildman–Crippen LogP) is 4.93. The molecule has 1 saturated carbocycles. The zero-order valence-corrected chi connectivity index (χ0v) is 14.9. The number of carbonyl (C=O) groups is 1. The molecule has 0 aliphatic heterocycles. The van der Waals surface area contributed by atoms with Gasteiger partial charge in [0.1, 0.15) is 0 Å². The standard InChI is InChI=1S/C21H25NOS/c23-21(17-7-3-1-4-8-17)18-11-13-20(14-12-18)24-16-15-22-19-9-5-2-6-10-19/h1,3-4,7-8,11-14,19,22H,2,5-6,9-10,15-16H2. The Morgan fingerprint density at radius 1 is 0.917 bits per heavy atom. The average molecular weight is 340 g/mol. The summed E-state index contributed by atoms with van der Waals surface area (Å²) in [6.07, 6.45) is 6.83. The number of carbonyl (C=O) groups excluding carboxylic acids is 1. The molecule has 126 valence electrons. The first-order valence-corrected chi connectivity index (χ1v) is 9.87. The minimum atomic E-state index is 0.0890. The first-order chi connectivity index (χ1) is 11.8. The van der Waals surface area contributed by atoms with Gasteiger partial charge >= 0.3 is 0 Å². The van der Waals surface area contributed by atoms with Gasteiger partial charge in [0.05, 0.1) is 0 Å². The Morgan fingerprint density at radius 2 is 1.58 bits per heavy atom. The normalized spacial score (nSPS) is 15.3. The molecule has 2 nitrogen and oxygen atoms in total. The maximum atomic E-state index is 12.4. The van der Waals surface area contributed by atoms with E-state index in [2.05, 4.69) is 17.4 Å². The molecule has 0 saturated heterocycles. The summed E-state index contributed by atoms with van der Waals surface area (Å²) in [6.45, 7) is 1.06. The van der Waals surface area contributed by atoms with E-state index in [1.54, 1.807) is 0 Å². The number of hydrogen-bond acceptors (Lipinski definition) is 3. The molecule has 1 aliphatic carbocycles. The fraction of sp³-hybridized carbons (Fsp3) is 0.381. The van der Waals surface area contributed by atoms with Gasteiger partial charge in [-0.05, 0) is 37.1 Å². The molecular formula is C21H25NOS. The van der Waals surface area contributed by atoms with Crippen LogP contribution in [0.5, 0.6) is 0 Å². The van der Waals surface area contributed by atoms with E-state index in [0.29, 0.717) is 0 Å². The second-order valence-electron chi connectivity index (χ2n) is 6.36. The summed E-state index contributed by atoms with van der Waals surface area (Å²) in [5.41, 5.74) is 1.50. The number of benzene rings is 2. The zero-order valence-electron chi connectivity index (χ0n) is 14.0. The molecule has 0 heterocycles. The van der Waals surface area contributed by atoms with E-state index >= 15 is 0 Å². The van der Waals surface area contributed by atoms with Crippen molar-refractivity contribution >= 4 is 17.5 Å². The average Bonchev–Trinajstić information content (AvgIpc) is 2.67. The lowest BCUT2D eigenvalue weighted by Gasteiger charge is -2.22. The molecule has 24 heavy (non-hydrogen) atoms. The SMILES string of the molecule is O=C(c1ccccc1)c1ccc(SCCNC2CCCCC2)cc1. The molecule has 0 radical (unpaired) electrons. The number of hydrogen-bond donors (Lipinski definition) is 1. The number of nitrogens with one attached hydrogen (secondary N) is 1. The van der Waals surface area contributed by atoms with Crippen molar-refractivity contribution in [1.82, 2.24) is 5.32 Å². The van der Waals surface area contributed by atoms with E-state index in [1.165, 1.54) is 37.0 Å². The molecule has 2 aromatic rings. The number of rotatable bonds is 7. The van der Waals surface area contributed by atoms with E-state index in [-0.39, 0.29) is 5.78 Å². The number of thioether (sulfide) groups is 1. The van der Waals surface area contributed by atoms with Crippen LogP contribution in [-0.2, 0) is 0 Å². The third-order valence-corrected chi connectivity index (χ3v) is 5.58. The lowest BCUT2D eigenvalue weighted by atomic mass is 9.96. The van der Waals surface area contributed by atoms with Crippen molar-refractivity contribution in [2.24, 2.45) is 0 Å². The summed E-state index contributed by atoms with van der Waals surface area (Å²) in [6, 6.07) is 18.2. The third-order valence-electron chi connectivity index (χ3n) is 4.56. The highest BCUT2D eigenvalue weighted by atomic mass is 32.2. The van der Waals surface area contributed by atoms with Crippen molar-refractivity contribution < 1.29 is 4.79 Å². The lowest BCUT2D eigenvalue weighted by molar-refractivity contribution is 0.103. The second-order valence-corrected chi connectivity index (χ2v) is 7.53. The van der Waals surface area contributed by atoms with Crippen LogP contribution in [0.25, 0.3) is 0 Å². The third kappa shape index (κ3) is 4.96. The molecule has 1 fully saturated rings. The van der Waals surface area contributed by atoms with Gasteiger partial charge in [-0.25, -0.2) is 0 Å². The number of ketones is 1. The fourth-order valence-corrected chi connectivity index (χ4v) is 3.98. The first-order valence-electron chi connectivity index (χ1n) is 8.89. The zero-order chi connectivity index (χ0) is 16.6. The lowest BCUT2D eigenvalue weighted by Crippen LogP contribution is -2.32. The maximum absolute atomic E-state index is 12.4. The molecule has 2 aromatic carbocycles. The highest BCUT2D eigenvalue weighted by molar-refractivity contribution is 7.99. The predicted molar refractivity (Wildman–Crippen MR) is 102 cm³/mol. The Labute approximate surface area is 149 Å². The van der Waals surface area contributed by atoms with Crippen molar-refractivity contribution in [3.05, 3.63) is 65.7 Å². The summed E-state index contributed by atoms with van der Waals surface area (Å²) in [7, 11) is 0. The topological polar surface area (TPSA) is 29.1 Å². The largest absolute Gasteiger partial charge is 0.313 e. The summed E-state index contributed by atoms with van der Waals surface area (Å²) >= 11 is 1.85. The van der Waals surface area contributed by atoms with Crippen molar-refractivity contribution in [2.75, 3.05) is 12.3 Å². The molecule has 1 N–H and O–H groups in total. The smallest absolute Gasteiger partial charge is 0.193 e. The molecule has 0 bridgehead atoms. The van der Waals surface area contributed by atoms with Crippen LogP contribution in [0.1, 0.15) is 48.0 Å². The summed E-state index contributed by atoms with van der Waals surface area (Å²) < 4.78 is 0. The van der Waals surface area contributed by atoms with Crippen LogP contribution in [0, 0.1) is 0 Å². The fourth-order valence-electron chi connectivity index (χ4n) is 3.20. The van der Waals surface area contributed by atoms with Crippen molar-refractivity contribution in [1.29, 1.82) is 0 Å². The highest BCUT2D eigenvalue weighted by Gasteiger charge is 2.12. The van der Waals surface area contributed by atoms with Gasteiger partial charge in [-0.3, -0.25) is 4.79 Å². The molecule has 3 rings (SSSR count). The monoisotopic (exact) mass is 339 g/mol. The van der Waals surface area contributed by atoms with Crippen LogP contribution in [0.4, 0.5) is 0 Å². The van der Waals surface area contributed by atoms with Gasteiger partial charge < -0.3 is 5.32 Å². The second kappa shape index (κ2) is 9.05. The van der Waals surface area contributed by atoms with E-state index in [0.717, 1.165) is 29.5 Å². The Balaban J connectivity index is 1.45. The quantitative estimate of drug-likeness (QED) is 0.440. The molecule has 0 amide bonds. The molecule has 0 spiro atoms. The van der Waals surface area contributed by atoms with E-state index < -0.39 is 0 Å². The summed E-state index contributed by atoms with van der Waals surface area (Å²) in [5.74, 6) is 1.16. The van der Waals surface area contributed by atoms with Gasteiger partial charge in [-0.15, -0.1) is 11.8 Å².